The molecule has 100 valence electrons. The van der Waals surface area contributed by atoms with E-state index in [1.165, 1.54) is 77.4 Å². The zero-order valence-corrected chi connectivity index (χ0v) is 11.5. The molecule has 0 unspecified atom stereocenters. The predicted octanol–water partition coefficient (Wildman–Crippen LogP) is 3.60. The van der Waals surface area contributed by atoms with Crippen LogP contribution in [0.2, 0.25) is 0 Å². The molecular weight excluding hydrogens is 210 g/mol. The Morgan fingerprint density at radius 3 is 2.24 bits per heavy atom. The number of unbranched alkanes of at least 4 members (excludes halogenated alkanes) is 3. The van der Waals surface area contributed by atoms with Crippen LogP contribution in [0, 0.1) is 0 Å². The van der Waals surface area contributed by atoms with Crippen LogP contribution in [0.1, 0.15) is 64.7 Å². The molecule has 0 bridgehead atoms. The maximum atomic E-state index is 6.09. The summed E-state index contributed by atoms with van der Waals surface area (Å²) in [6.45, 7) is 6.13. The number of ether oxygens (including phenoxy) is 1. The first kappa shape index (κ1) is 13.4. The van der Waals surface area contributed by atoms with Gasteiger partial charge < -0.3 is 9.64 Å². The largest absolute Gasteiger partial charge is 0.375 e. The zero-order chi connectivity index (χ0) is 11.9. The Hall–Kier alpha value is -0.0800. The molecule has 0 aromatic carbocycles. The quantitative estimate of drug-likeness (QED) is 0.629. The van der Waals surface area contributed by atoms with Gasteiger partial charge in [-0.15, -0.1) is 0 Å². The van der Waals surface area contributed by atoms with Crippen LogP contribution >= 0.6 is 0 Å². The van der Waals surface area contributed by atoms with Crippen molar-refractivity contribution in [3.63, 3.8) is 0 Å². The highest BCUT2D eigenvalue weighted by atomic mass is 16.5. The van der Waals surface area contributed by atoms with Gasteiger partial charge in [-0.2, -0.15) is 0 Å². The Kier molecular flexibility index (Phi) is 5.79. The van der Waals surface area contributed by atoms with Gasteiger partial charge in [0.1, 0.15) is 0 Å². The molecule has 0 amide bonds. The van der Waals surface area contributed by atoms with Crippen LogP contribution in [-0.2, 0) is 4.74 Å². The van der Waals surface area contributed by atoms with E-state index in [1.54, 1.807) is 0 Å². The van der Waals surface area contributed by atoms with Crippen molar-refractivity contribution in [2.75, 3.05) is 19.6 Å². The maximum Gasteiger partial charge on any atom is 0.0603 e. The number of piperidine rings is 1. The Bertz CT molecular complexity index is 195. The van der Waals surface area contributed by atoms with Crippen LogP contribution in [0.3, 0.4) is 0 Å². The number of hydrogen-bond donors (Lipinski definition) is 0. The summed E-state index contributed by atoms with van der Waals surface area (Å²) < 4.78 is 6.09. The monoisotopic (exact) mass is 239 g/mol. The van der Waals surface area contributed by atoms with E-state index >= 15 is 0 Å². The summed E-state index contributed by atoms with van der Waals surface area (Å²) in [5.74, 6) is 0. The van der Waals surface area contributed by atoms with E-state index < -0.39 is 0 Å². The van der Waals surface area contributed by atoms with Crippen molar-refractivity contribution in [3.05, 3.63) is 0 Å². The molecule has 2 rings (SSSR count). The van der Waals surface area contributed by atoms with Crippen molar-refractivity contribution in [2.24, 2.45) is 0 Å². The Labute approximate surface area is 107 Å². The fourth-order valence-electron chi connectivity index (χ4n) is 2.81. The molecule has 0 aromatic heterocycles. The molecule has 1 saturated heterocycles. The molecule has 2 nitrogen and oxygen atoms in total. The third kappa shape index (κ3) is 4.59. The summed E-state index contributed by atoms with van der Waals surface area (Å²) in [4.78, 5) is 2.64. The molecule has 17 heavy (non-hydrogen) atoms. The van der Waals surface area contributed by atoms with Crippen LogP contribution in [-0.4, -0.2) is 36.7 Å². The lowest BCUT2D eigenvalue weighted by Gasteiger charge is -2.36. The van der Waals surface area contributed by atoms with Gasteiger partial charge in [0.15, 0.2) is 0 Å². The minimum absolute atomic E-state index is 0.576. The van der Waals surface area contributed by atoms with E-state index in [0.29, 0.717) is 12.2 Å². The fraction of sp³-hybridized carbons (Fsp3) is 1.00. The summed E-state index contributed by atoms with van der Waals surface area (Å²) in [5, 5.41) is 0. The normalized spacial score (nSPS) is 23.8. The number of likely N-dealkylation sites (tertiary alicyclic amines) is 1. The summed E-state index contributed by atoms with van der Waals surface area (Å²) in [7, 11) is 0. The average molecular weight is 239 g/mol. The molecule has 0 spiro atoms. The van der Waals surface area contributed by atoms with Crippen molar-refractivity contribution in [1.82, 2.24) is 4.90 Å². The topological polar surface area (TPSA) is 12.5 Å². The number of hydrogen-bond acceptors (Lipinski definition) is 2. The molecule has 1 aliphatic heterocycles. The zero-order valence-electron chi connectivity index (χ0n) is 11.5. The molecular formula is C15H29NO. The molecule has 2 aliphatic rings. The third-order valence-electron chi connectivity index (χ3n) is 4.30. The Morgan fingerprint density at radius 1 is 0.941 bits per heavy atom. The van der Waals surface area contributed by atoms with Gasteiger partial charge in [0.2, 0.25) is 0 Å². The molecule has 0 atom stereocenters. The van der Waals surface area contributed by atoms with Crippen molar-refractivity contribution in [1.29, 1.82) is 0 Å². The van der Waals surface area contributed by atoms with Gasteiger partial charge >= 0.3 is 0 Å². The molecule has 0 aromatic rings. The summed E-state index contributed by atoms with van der Waals surface area (Å²) in [6, 6.07) is 0. The lowest BCUT2D eigenvalue weighted by molar-refractivity contribution is -0.0734. The Balaban J connectivity index is 1.51. The molecule has 0 N–H and O–H groups in total. The molecule has 1 heterocycles. The summed E-state index contributed by atoms with van der Waals surface area (Å²) in [5.41, 5.74) is 0. The second-order valence-electron chi connectivity index (χ2n) is 5.79. The van der Waals surface area contributed by atoms with Gasteiger partial charge in [0, 0.05) is 13.1 Å². The van der Waals surface area contributed by atoms with Crippen molar-refractivity contribution in [2.45, 2.75) is 76.9 Å². The minimum atomic E-state index is 0.576. The van der Waals surface area contributed by atoms with Crippen LogP contribution in [0.4, 0.5) is 0 Å². The van der Waals surface area contributed by atoms with E-state index in [-0.39, 0.29) is 0 Å². The van der Waals surface area contributed by atoms with Gasteiger partial charge in [-0.1, -0.05) is 26.2 Å². The molecule has 2 heteroatoms. The van der Waals surface area contributed by atoms with E-state index in [4.69, 9.17) is 4.74 Å². The number of nitrogens with zero attached hydrogens (tertiary/aromatic N) is 1. The third-order valence-corrected chi connectivity index (χ3v) is 4.30. The van der Waals surface area contributed by atoms with Crippen LogP contribution < -0.4 is 0 Å². The molecule has 0 radical (unpaired) electrons. The van der Waals surface area contributed by atoms with E-state index in [2.05, 4.69) is 11.8 Å². The first-order chi connectivity index (χ1) is 8.38. The second-order valence-corrected chi connectivity index (χ2v) is 5.79. The Morgan fingerprint density at radius 2 is 1.65 bits per heavy atom. The molecule has 1 saturated carbocycles. The van der Waals surface area contributed by atoms with Gasteiger partial charge in [-0.05, 0) is 45.1 Å². The maximum absolute atomic E-state index is 6.09. The van der Waals surface area contributed by atoms with E-state index in [9.17, 15) is 0 Å². The van der Waals surface area contributed by atoms with Crippen LogP contribution in [0.25, 0.3) is 0 Å². The van der Waals surface area contributed by atoms with Gasteiger partial charge in [-0.25, -0.2) is 0 Å². The lowest BCUT2D eigenvalue weighted by atomic mass is 9.95. The van der Waals surface area contributed by atoms with E-state index in [1.807, 2.05) is 0 Å². The van der Waals surface area contributed by atoms with Crippen molar-refractivity contribution in [3.8, 4) is 0 Å². The van der Waals surface area contributed by atoms with Crippen molar-refractivity contribution >= 4 is 0 Å². The van der Waals surface area contributed by atoms with Gasteiger partial charge in [-0.3, -0.25) is 0 Å². The standard InChI is InChI=1S/C15H29NO/c1-2-3-4-5-11-16-12-9-15(10-13-16)17-14-7-6-8-14/h14-15H,2-13H2,1H3. The lowest BCUT2D eigenvalue weighted by Crippen LogP contribution is -2.39. The highest BCUT2D eigenvalue weighted by molar-refractivity contribution is 4.77. The summed E-state index contributed by atoms with van der Waals surface area (Å²) in [6.07, 6.45) is 13.3. The van der Waals surface area contributed by atoms with Crippen LogP contribution in [0.5, 0.6) is 0 Å². The minimum Gasteiger partial charge on any atom is -0.375 e. The highest BCUT2D eigenvalue weighted by Gasteiger charge is 2.25. The predicted molar refractivity (Wildman–Crippen MR) is 72.3 cm³/mol. The van der Waals surface area contributed by atoms with Crippen LogP contribution in [0.15, 0.2) is 0 Å². The fourth-order valence-corrected chi connectivity index (χ4v) is 2.81. The van der Waals surface area contributed by atoms with Gasteiger partial charge in [0.05, 0.1) is 12.2 Å². The SMILES string of the molecule is CCCCCCN1CCC(OC2CCC2)CC1. The first-order valence-electron chi connectivity index (χ1n) is 7.76. The summed E-state index contributed by atoms with van der Waals surface area (Å²) >= 11 is 0. The van der Waals surface area contributed by atoms with E-state index in [0.717, 1.165) is 0 Å². The first-order valence-corrected chi connectivity index (χ1v) is 7.76. The van der Waals surface area contributed by atoms with Gasteiger partial charge in [0.25, 0.3) is 0 Å². The average Bonchev–Trinajstić information content (AvgIpc) is 2.31. The second kappa shape index (κ2) is 7.38. The van der Waals surface area contributed by atoms with Crippen molar-refractivity contribution < 1.29 is 4.74 Å². The highest BCUT2D eigenvalue weighted by Crippen LogP contribution is 2.26. The molecule has 1 aliphatic carbocycles. The smallest absolute Gasteiger partial charge is 0.0603 e. The number of rotatable bonds is 7. The molecule has 2 fully saturated rings.